The van der Waals surface area contributed by atoms with E-state index in [1.165, 1.54) is 6.42 Å². The average molecular weight is 300 g/mol. The minimum Gasteiger partial charge on any atom is -0.376 e. The molecule has 1 amide bonds. The Balaban J connectivity index is 1.90. The summed E-state index contributed by atoms with van der Waals surface area (Å²) in [6, 6.07) is 0. The van der Waals surface area contributed by atoms with E-state index in [1.807, 2.05) is 24.7 Å². The Kier molecular flexibility index (Phi) is 5.05. The van der Waals surface area contributed by atoms with Gasteiger partial charge in [-0.3, -0.25) is 9.48 Å². The van der Waals surface area contributed by atoms with Crippen molar-refractivity contribution in [3.05, 3.63) is 12.4 Å². The number of anilines is 1. The van der Waals surface area contributed by atoms with Crippen LogP contribution in [0, 0.1) is 5.41 Å². The lowest BCUT2D eigenvalue weighted by Crippen LogP contribution is -2.32. The predicted molar refractivity (Wildman–Crippen MR) is 78.9 cm³/mol. The number of aromatic nitrogens is 2. The quantitative estimate of drug-likeness (QED) is 0.850. The molecule has 112 valence electrons. The molecular weight excluding hydrogens is 278 g/mol. The van der Waals surface area contributed by atoms with Crippen molar-refractivity contribution in [2.75, 3.05) is 17.8 Å². The van der Waals surface area contributed by atoms with E-state index in [9.17, 15) is 4.79 Å². The van der Waals surface area contributed by atoms with Crippen LogP contribution < -0.4 is 5.32 Å². The monoisotopic (exact) mass is 299 g/mol. The lowest BCUT2D eigenvalue weighted by atomic mass is 9.95. The van der Waals surface area contributed by atoms with Gasteiger partial charge in [-0.05, 0) is 33.1 Å². The van der Waals surface area contributed by atoms with E-state index >= 15 is 0 Å². The van der Waals surface area contributed by atoms with Crippen LogP contribution in [-0.2, 0) is 16.1 Å². The summed E-state index contributed by atoms with van der Waals surface area (Å²) in [5, 5.41) is 7.10. The SMILES string of the molecule is CC(C)(CCl)C(=O)Nc1cnn(CC2CCCCO2)c1. The Morgan fingerprint density at radius 1 is 1.60 bits per heavy atom. The first-order valence-electron chi connectivity index (χ1n) is 7.03. The van der Waals surface area contributed by atoms with E-state index in [2.05, 4.69) is 10.4 Å². The number of carbonyl (C=O) groups is 1. The zero-order valence-electron chi connectivity index (χ0n) is 12.1. The molecule has 1 unspecified atom stereocenters. The molecule has 5 nitrogen and oxygen atoms in total. The Morgan fingerprint density at radius 3 is 3.05 bits per heavy atom. The third-order valence-electron chi connectivity index (χ3n) is 3.50. The fourth-order valence-electron chi connectivity index (χ4n) is 2.05. The summed E-state index contributed by atoms with van der Waals surface area (Å²) >= 11 is 5.79. The molecule has 2 heterocycles. The molecule has 1 atom stereocenters. The number of nitrogens with one attached hydrogen (secondary N) is 1. The third-order valence-corrected chi connectivity index (χ3v) is 4.17. The molecule has 1 aliphatic heterocycles. The normalized spacial score (nSPS) is 19.9. The maximum absolute atomic E-state index is 12.0. The predicted octanol–water partition coefficient (Wildman–Crippen LogP) is 2.66. The second-order valence-corrected chi connectivity index (χ2v) is 6.18. The number of hydrogen-bond acceptors (Lipinski definition) is 3. The molecule has 0 radical (unpaired) electrons. The molecule has 1 fully saturated rings. The number of halogens is 1. The fraction of sp³-hybridized carbons (Fsp3) is 0.714. The summed E-state index contributed by atoms with van der Waals surface area (Å²) in [6.45, 7) is 5.19. The molecule has 1 aromatic rings. The Morgan fingerprint density at radius 2 is 2.40 bits per heavy atom. The zero-order chi connectivity index (χ0) is 14.6. The number of hydrogen-bond donors (Lipinski definition) is 1. The second-order valence-electron chi connectivity index (χ2n) is 5.91. The lowest BCUT2D eigenvalue weighted by molar-refractivity contribution is -0.122. The first-order valence-corrected chi connectivity index (χ1v) is 7.56. The third kappa shape index (κ3) is 3.96. The lowest BCUT2D eigenvalue weighted by Gasteiger charge is -2.22. The minimum atomic E-state index is -0.587. The van der Waals surface area contributed by atoms with Gasteiger partial charge in [0.25, 0.3) is 0 Å². The number of amides is 1. The molecule has 0 aliphatic carbocycles. The number of ether oxygens (including phenoxy) is 1. The summed E-state index contributed by atoms with van der Waals surface area (Å²) in [5.41, 5.74) is 0.111. The number of rotatable bonds is 5. The van der Waals surface area contributed by atoms with E-state index in [4.69, 9.17) is 16.3 Å². The van der Waals surface area contributed by atoms with Crippen molar-refractivity contribution >= 4 is 23.2 Å². The van der Waals surface area contributed by atoms with Crippen molar-refractivity contribution in [3.63, 3.8) is 0 Å². The van der Waals surface area contributed by atoms with Crippen LogP contribution in [0.3, 0.4) is 0 Å². The topological polar surface area (TPSA) is 56.2 Å². The Labute approximate surface area is 124 Å². The zero-order valence-corrected chi connectivity index (χ0v) is 12.8. The van der Waals surface area contributed by atoms with Crippen molar-refractivity contribution in [2.24, 2.45) is 5.41 Å². The first kappa shape index (κ1) is 15.3. The van der Waals surface area contributed by atoms with Gasteiger partial charge in [-0.25, -0.2) is 0 Å². The van der Waals surface area contributed by atoms with Crippen molar-refractivity contribution in [3.8, 4) is 0 Å². The molecule has 6 heteroatoms. The van der Waals surface area contributed by atoms with Crippen LogP contribution >= 0.6 is 11.6 Å². The maximum Gasteiger partial charge on any atom is 0.231 e. The number of carbonyl (C=O) groups excluding carboxylic acids is 1. The van der Waals surface area contributed by atoms with Gasteiger partial charge >= 0.3 is 0 Å². The highest BCUT2D eigenvalue weighted by Gasteiger charge is 2.26. The Bertz CT molecular complexity index is 453. The van der Waals surface area contributed by atoms with Crippen LogP contribution in [0.4, 0.5) is 5.69 Å². The van der Waals surface area contributed by atoms with Gasteiger partial charge in [0, 0.05) is 18.7 Å². The molecule has 1 saturated heterocycles. The molecule has 1 N–H and O–H groups in total. The number of alkyl halides is 1. The average Bonchev–Trinajstić information content (AvgIpc) is 2.87. The highest BCUT2D eigenvalue weighted by atomic mass is 35.5. The van der Waals surface area contributed by atoms with E-state index < -0.39 is 5.41 Å². The molecule has 0 aromatic carbocycles. The van der Waals surface area contributed by atoms with Crippen LogP contribution in [0.1, 0.15) is 33.1 Å². The van der Waals surface area contributed by atoms with Gasteiger partial charge in [0.1, 0.15) is 0 Å². The van der Waals surface area contributed by atoms with Crippen LogP contribution in [-0.4, -0.2) is 34.3 Å². The standard InChI is InChI=1S/C14H22ClN3O2/c1-14(2,10-15)13(19)17-11-7-16-18(8-11)9-12-5-3-4-6-20-12/h7-8,12H,3-6,9-10H2,1-2H3,(H,17,19). The molecule has 0 spiro atoms. The smallest absolute Gasteiger partial charge is 0.231 e. The molecule has 0 bridgehead atoms. The van der Waals surface area contributed by atoms with E-state index in [1.54, 1.807) is 6.20 Å². The minimum absolute atomic E-state index is 0.0963. The van der Waals surface area contributed by atoms with Crippen molar-refractivity contribution in [1.29, 1.82) is 0 Å². The highest BCUT2D eigenvalue weighted by molar-refractivity contribution is 6.20. The first-order chi connectivity index (χ1) is 9.51. The van der Waals surface area contributed by atoms with Crippen LogP contribution in [0.25, 0.3) is 0 Å². The summed E-state index contributed by atoms with van der Waals surface area (Å²) in [7, 11) is 0. The second kappa shape index (κ2) is 6.59. The van der Waals surface area contributed by atoms with Crippen LogP contribution in [0.15, 0.2) is 12.4 Å². The summed E-state index contributed by atoms with van der Waals surface area (Å²) < 4.78 is 7.50. The van der Waals surface area contributed by atoms with E-state index in [0.717, 1.165) is 26.0 Å². The molecule has 1 aromatic heterocycles. The van der Waals surface area contributed by atoms with Gasteiger partial charge < -0.3 is 10.1 Å². The fourth-order valence-corrected chi connectivity index (χ4v) is 2.17. The summed E-state index contributed by atoms with van der Waals surface area (Å²) in [5.74, 6) is 0.184. The van der Waals surface area contributed by atoms with Gasteiger partial charge in [-0.1, -0.05) is 0 Å². The Hall–Kier alpha value is -1.07. The van der Waals surface area contributed by atoms with Gasteiger partial charge in [0.15, 0.2) is 0 Å². The highest BCUT2D eigenvalue weighted by Crippen LogP contribution is 2.20. The van der Waals surface area contributed by atoms with Gasteiger partial charge in [-0.15, -0.1) is 11.6 Å². The maximum atomic E-state index is 12.0. The van der Waals surface area contributed by atoms with Crippen molar-refractivity contribution < 1.29 is 9.53 Å². The van der Waals surface area contributed by atoms with Gasteiger partial charge in [-0.2, -0.15) is 5.10 Å². The molecule has 0 saturated carbocycles. The number of nitrogens with zero attached hydrogens (tertiary/aromatic N) is 2. The molecule has 2 rings (SSSR count). The van der Waals surface area contributed by atoms with Crippen molar-refractivity contribution in [2.45, 2.75) is 45.8 Å². The summed E-state index contributed by atoms with van der Waals surface area (Å²) in [6.07, 6.45) is 7.14. The van der Waals surface area contributed by atoms with Gasteiger partial charge in [0.2, 0.25) is 5.91 Å². The largest absolute Gasteiger partial charge is 0.376 e. The molecular formula is C14H22ClN3O2. The van der Waals surface area contributed by atoms with Crippen molar-refractivity contribution in [1.82, 2.24) is 9.78 Å². The molecule has 20 heavy (non-hydrogen) atoms. The van der Waals surface area contributed by atoms with E-state index in [0.29, 0.717) is 5.69 Å². The van der Waals surface area contributed by atoms with Gasteiger partial charge in [0.05, 0.1) is 29.9 Å². The van der Waals surface area contributed by atoms with E-state index in [-0.39, 0.29) is 17.9 Å². The molecule has 1 aliphatic rings. The van der Waals surface area contributed by atoms with Crippen LogP contribution in [0.2, 0.25) is 0 Å². The van der Waals surface area contributed by atoms with Crippen LogP contribution in [0.5, 0.6) is 0 Å². The summed E-state index contributed by atoms with van der Waals surface area (Å²) in [4.78, 5) is 12.0.